The van der Waals surface area contributed by atoms with Crippen molar-refractivity contribution in [3.63, 3.8) is 0 Å². The molecule has 6 nitrogen and oxygen atoms in total. The monoisotopic (exact) mass is 483 g/mol. The standard InChI is InChI=1S/C27H37N3O3S/c1-4-15-33-22-9-7-21(8-10-22)18-29-13-11-27(12-14-29)26(32)28-24(17-20(2)3)25(31)30(27)19-23-6-5-16-34-23/h5-10,16,20,24H,4,11-15,17-19H2,1-3H3,(H,28,32). The van der Waals surface area contributed by atoms with Crippen molar-refractivity contribution in [3.8, 4) is 5.75 Å². The molecule has 34 heavy (non-hydrogen) atoms. The Morgan fingerprint density at radius 1 is 1.12 bits per heavy atom. The van der Waals surface area contributed by atoms with Crippen molar-refractivity contribution in [2.24, 2.45) is 5.92 Å². The number of nitrogens with one attached hydrogen (secondary N) is 1. The third-order valence-corrected chi connectivity index (χ3v) is 7.76. The number of carbonyl (C=O) groups is 2. The molecule has 2 aliphatic heterocycles. The Kier molecular flexibility index (Phi) is 7.94. The van der Waals surface area contributed by atoms with Crippen molar-refractivity contribution < 1.29 is 14.3 Å². The predicted molar refractivity (Wildman–Crippen MR) is 136 cm³/mol. The Morgan fingerprint density at radius 2 is 1.85 bits per heavy atom. The molecule has 4 rings (SSSR count). The second-order valence-corrected chi connectivity index (χ2v) is 11.0. The Bertz CT molecular complexity index is 950. The number of piperidine rings is 1. The maximum Gasteiger partial charge on any atom is 0.246 e. The van der Waals surface area contributed by atoms with Gasteiger partial charge in [-0.2, -0.15) is 0 Å². The minimum atomic E-state index is -0.761. The molecule has 2 saturated heterocycles. The minimum Gasteiger partial charge on any atom is -0.494 e. The topological polar surface area (TPSA) is 61.9 Å². The largest absolute Gasteiger partial charge is 0.494 e. The summed E-state index contributed by atoms with van der Waals surface area (Å²) in [5, 5.41) is 5.13. The average molecular weight is 484 g/mol. The van der Waals surface area contributed by atoms with Crippen LogP contribution in [0, 0.1) is 5.92 Å². The summed E-state index contributed by atoms with van der Waals surface area (Å²) in [6.45, 7) is 9.92. The molecule has 1 unspecified atom stereocenters. The van der Waals surface area contributed by atoms with Gasteiger partial charge in [-0.3, -0.25) is 14.5 Å². The fourth-order valence-electron chi connectivity index (χ4n) is 5.04. The van der Waals surface area contributed by atoms with Gasteiger partial charge in [0.25, 0.3) is 0 Å². The molecule has 0 aliphatic carbocycles. The number of hydrogen-bond donors (Lipinski definition) is 1. The number of rotatable bonds is 9. The third kappa shape index (κ3) is 5.47. The smallest absolute Gasteiger partial charge is 0.246 e. The van der Waals surface area contributed by atoms with Crippen LogP contribution >= 0.6 is 11.3 Å². The van der Waals surface area contributed by atoms with Gasteiger partial charge in [0.1, 0.15) is 17.3 Å². The van der Waals surface area contributed by atoms with E-state index in [0.29, 0.717) is 31.7 Å². The van der Waals surface area contributed by atoms with E-state index < -0.39 is 11.6 Å². The number of thiophene rings is 1. The zero-order chi connectivity index (χ0) is 24.1. The molecule has 1 aromatic heterocycles. The lowest BCUT2D eigenvalue weighted by Gasteiger charge is -2.51. The third-order valence-electron chi connectivity index (χ3n) is 6.90. The van der Waals surface area contributed by atoms with E-state index >= 15 is 0 Å². The van der Waals surface area contributed by atoms with Gasteiger partial charge in [-0.1, -0.05) is 39.0 Å². The number of carbonyl (C=O) groups excluding carboxylic acids is 2. The maximum absolute atomic E-state index is 13.6. The van der Waals surface area contributed by atoms with E-state index in [2.05, 4.69) is 49.2 Å². The first-order valence-corrected chi connectivity index (χ1v) is 13.4. The Labute approximate surface area is 207 Å². The molecular weight excluding hydrogens is 446 g/mol. The van der Waals surface area contributed by atoms with E-state index in [9.17, 15) is 9.59 Å². The molecule has 0 bridgehead atoms. The molecule has 1 atom stereocenters. The summed E-state index contributed by atoms with van der Waals surface area (Å²) in [5.41, 5.74) is 0.472. The average Bonchev–Trinajstić information content (AvgIpc) is 3.34. The molecule has 2 aromatic rings. The van der Waals surface area contributed by atoms with Crippen LogP contribution in [0.2, 0.25) is 0 Å². The number of likely N-dealkylation sites (tertiary alicyclic amines) is 1. The molecule has 2 aliphatic rings. The molecule has 0 radical (unpaired) electrons. The lowest BCUT2D eigenvalue weighted by molar-refractivity contribution is -0.162. The summed E-state index contributed by atoms with van der Waals surface area (Å²) in [6.07, 6.45) is 2.98. The Hall–Kier alpha value is -2.38. The van der Waals surface area contributed by atoms with Crippen LogP contribution in [0.3, 0.4) is 0 Å². The van der Waals surface area contributed by atoms with Gasteiger partial charge in [-0.15, -0.1) is 11.3 Å². The van der Waals surface area contributed by atoms with Crippen LogP contribution < -0.4 is 10.1 Å². The van der Waals surface area contributed by atoms with Crippen molar-refractivity contribution in [1.29, 1.82) is 0 Å². The van der Waals surface area contributed by atoms with Crippen molar-refractivity contribution >= 4 is 23.2 Å². The van der Waals surface area contributed by atoms with Crippen LogP contribution in [-0.4, -0.2) is 52.9 Å². The summed E-state index contributed by atoms with van der Waals surface area (Å²) in [5.74, 6) is 1.33. The van der Waals surface area contributed by atoms with Crippen LogP contribution in [0.1, 0.15) is 56.9 Å². The number of benzene rings is 1. The summed E-state index contributed by atoms with van der Waals surface area (Å²) < 4.78 is 5.69. The molecule has 7 heteroatoms. The molecule has 2 amide bonds. The number of piperazine rings is 1. The number of ether oxygens (including phenoxy) is 1. The molecule has 2 fully saturated rings. The summed E-state index contributed by atoms with van der Waals surface area (Å²) in [4.78, 5) is 32.5. The van der Waals surface area contributed by atoms with Crippen LogP contribution in [0.5, 0.6) is 5.75 Å². The fourth-order valence-corrected chi connectivity index (χ4v) is 5.73. The van der Waals surface area contributed by atoms with Gasteiger partial charge in [-0.05, 0) is 60.7 Å². The number of amides is 2. The second-order valence-electron chi connectivity index (χ2n) is 9.96. The highest BCUT2D eigenvalue weighted by Gasteiger charge is 2.53. The van der Waals surface area contributed by atoms with Crippen LogP contribution in [0.25, 0.3) is 0 Å². The van der Waals surface area contributed by atoms with Gasteiger partial charge < -0.3 is 15.0 Å². The maximum atomic E-state index is 13.6. The molecule has 1 N–H and O–H groups in total. The van der Waals surface area contributed by atoms with Gasteiger partial charge >= 0.3 is 0 Å². The first-order chi connectivity index (χ1) is 16.4. The van der Waals surface area contributed by atoms with E-state index in [1.54, 1.807) is 11.3 Å². The molecular formula is C27H37N3O3S. The summed E-state index contributed by atoms with van der Waals surface area (Å²) >= 11 is 1.64. The summed E-state index contributed by atoms with van der Waals surface area (Å²) in [6, 6.07) is 11.9. The lowest BCUT2D eigenvalue weighted by Crippen LogP contribution is -2.72. The van der Waals surface area contributed by atoms with E-state index in [-0.39, 0.29) is 11.8 Å². The second kappa shape index (κ2) is 10.9. The highest BCUT2D eigenvalue weighted by Crippen LogP contribution is 2.36. The highest BCUT2D eigenvalue weighted by molar-refractivity contribution is 7.09. The fraction of sp³-hybridized carbons (Fsp3) is 0.556. The molecule has 1 aromatic carbocycles. The SMILES string of the molecule is CCCOc1ccc(CN2CCC3(CC2)C(=O)NC(CC(C)C)C(=O)N3Cc2cccs2)cc1. The van der Waals surface area contributed by atoms with Crippen LogP contribution in [0.4, 0.5) is 0 Å². The van der Waals surface area contributed by atoms with E-state index in [0.717, 1.165) is 43.3 Å². The number of hydrogen-bond acceptors (Lipinski definition) is 5. The van der Waals surface area contributed by atoms with Gasteiger partial charge in [-0.25, -0.2) is 0 Å². The van der Waals surface area contributed by atoms with E-state index in [1.165, 1.54) is 5.56 Å². The molecule has 1 spiro atoms. The minimum absolute atomic E-state index is 0.0198. The first-order valence-electron chi connectivity index (χ1n) is 12.5. The van der Waals surface area contributed by atoms with Crippen LogP contribution in [-0.2, 0) is 22.7 Å². The van der Waals surface area contributed by atoms with E-state index in [1.807, 2.05) is 28.5 Å². The Morgan fingerprint density at radius 3 is 2.47 bits per heavy atom. The van der Waals surface area contributed by atoms with Gasteiger partial charge in [0.15, 0.2) is 0 Å². The summed E-state index contributed by atoms with van der Waals surface area (Å²) in [7, 11) is 0. The van der Waals surface area contributed by atoms with Crippen molar-refractivity contribution in [2.45, 2.75) is 71.1 Å². The zero-order valence-corrected chi connectivity index (χ0v) is 21.4. The van der Waals surface area contributed by atoms with Crippen molar-refractivity contribution in [3.05, 3.63) is 52.2 Å². The first kappa shape index (κ1) is 24.7. The van der Waals surface area contributed by atoms with Gasteiger partial charge in [0.05, 0.1) is 13.2 Å². The lowest BCUT2D eigenvalue weighted by atomic mass is 9.80. The van der Waals surface area contributed by atoms with Gasteiger partial charge in [0.2, 0.25) is 11.8 Å². The predicted octanol–water partition coefficient (Wildman–Crippen LogP) is 4.44. The molecule has 3 heterocycles. The molecule has 184 valence electrons. The van der Waals surface area contributed by atoms with Crippen LogP contribution in [0.15, 0.2) is 41.8 Å². The van der Waals surface area contributed by atoms with E-state index in [4.69, 9.17) is 4.74 Å². The molecule has 0 saturated carbocycles. The zero-order valence-electron chi connectivity index (χ0n) is 20.6. The number of nitrogens with zero attached hydrogens (tertiary/aromatic N) is 2. The van der Waals surface area contributed by atoms with Crippen molar-refractivity contribution in [2.75, 3.05) is 19.7 Å². The normalized spacial score (nSPS) is 20.7. The Balaban J connectivity index is 1.45. The highest BCUT2D eigenvalue weighted by atomic mass is 32.1. The quantitative estimate of drug-likeness (QED) is 0.573. The van der Waals surface area contributed by atoms with Gasteiger partial charge in [0, 0.05) is 24.5 Å². The van der Waals surface area contributed by atoms with Crippen molar-refractivity contribution in [1.82, 2.24) is 15.1 Å².